The Kier molecular flexibility index (Phi) is 4.11. The monoisotopic (exact) mass is 239 g/mol. The number of carbonyl (C=O) groups is 1. The van der Waals surface area contributed by atoms with Crippen molar-refractivity contribution in [1.82, 2.24) is 15.1 Å². The summed E-state index contributed by atoms with van der Waals surface area (Å²) in [6, 6.07) is 1.89. The number of hydrogen-bond acceptors (Lipinski definition) is 4. The van der Waals surface area contributed by atoms with Crippen molar-refractivity contribution in [3.05, 3.63) is 18.5 Å². The average Bonchev–Trinajstić information content (AvgIpc) is 2.96. The minimum Gasteiger partial charge on any atom is -0.479 e. The van der Waals surface area contributed by atoms with Crippen LogP contribution in [0.4, 0.5) is 0 Å². The van der Waals surface area contributed by atoms with E-state index < -0.39 is 12.1 Å². The quantitative estimate of drug-likeness (QED) is 0.689. The van der Waals surface area contributed by atoms with Gasteiger partial charge in [0.15, 0.2) is 6.10 Å². The number of carboxylic acid groups (broad SMARTS) is 1. The molecule has 6 nitrogen and oxygen atoms in total. The Hall–Kier alpha value is -1.40. The van der Waals surface area contributed by atoms with Gasteiger partial charge >= 0.3 is 5.97 Å². The molecule has 0 radical (unpaired) electrons. The van der Waals surface area contributed by atoms with Crippen molar-refractivity contribution in [3.63, 3.8) is 0 Å². The van der Waals surface area contributed by atoms with Crippen molar-refractivity contribution in [1.29, 1.82) is 0 Å². The normalized spacial score (nSPS) is 24.0. The molecule has 0 saturated carbocycles. The number of aliphatic carboxylic acids is 1. The van der Waals surface area contributed by atoms with Gasteiger partial charge in [-0.05, 0) is 18.9 Å². The molecule has 1 aromatic rings. The van der Waals surface area contributed by atoms with E-state index in [2.05, 4.69) is 10.4 Å². The number of aromatic nitrogens is 2. The van der Waals surface area contributed by atoms with Gasteiger partial charge in [-0.2, -0.15) is 5.10 Å². The molecule has 1 aliphatic rings. The zero-order valence-electron chi connectivity index (χ0n) is 9.58. The summed E-state index contributed by atoms with van der Waals surface area (Å²) in [7, 11) is 0. The minimum atomic E-state index is -0.857. The van der Waals surface area contributed by atoms with Crippen LogP contribution in [0, 0.1) is 0 Å². The van der Waals surface area contributed by atoms with Crippen LogP contribution in [0.3, 0.4) is 0 Å². The molecule has 0 aromatic carbocycles. The molecule has 1 saturated heterocycles. The molecule has 0 amide bonds. The molecule has 1 aliphatic heterocycles. The molecule has 2 heterocycles. The summed E-state index contributed by atoms with van der Waals surface area (Å²) < 4.78 is 7.23. The number of rotatable bonds is 6. The highest BCUT2D eigenvalue weighted by molar-refractivity contribution is 5.72. The third-order valence-corrected chi connectivity index (χ3v) is 2.83. The number of nitrogens with one attached hydrogen (secondary N) is 1. The summed E-state index contributed by atoms with van der Waals surface area (Å²) in [5, 5.41) is 16.1. The summed E-state index contributed by atoms with van der Waals surface area (Å²) >= 11 is 0. The third-order valence-electron chi connectivity index (χ3n) is 2.83. The highest BCUT2D eigenvalue weighted by Crippen LogP contribution is 2.18. The molecule has 2 unspecified atom stereocenters. The van der Waals surface area contributed by atoms with E-state index in [0.29, 0.717) is 13.0 Å². The molecule has 0 spiro atoms. The molecule has 6 heteroatoms. The van der Waals surface area contributed by atoms with Crippen molar-refractivity contribution in [2.75, 3.05) is 13.1 Å². The minimum absolute atomic E-state index is 0.0220. The van der Waals surface area contributed by atoms with Crippen LogP contribution in [0.5, 0.6) is 0 Å². The van der Waals surface area contributed by atoms with Crippen LogP contribution in [-0.2, 0) is 16.1 Å². The Morgan fingerprint density at radius 1 is 1.59 bits per heavy atom. The summed E-state index contributed by atoms with van der Waals surface area (Å²) in [6.45, 7) is 2.31. The van der Waals surface area contributed by atoms with Gasteiger partial charge < -0.3 is 15.2 Å². The first kappa shape index (κ1) is 12.1. The molecular weight excluding hydrogens is 222 g/mol. The van der Waals surface area contributed by atoms with E-state index in [4.69, 9.17) is 9.84 Å². The zero-order valence-corrected chi connectivity index (χ0v) is 9.58. The standard InChI is InChI=1S/C11H17N3O3/c15-11(16)10-3-2-9(17-10)8-12-5-7-14-6-1-4-13-14/h1,4,6,9-10,12H,2-3,5,7-8H2,(H,15,16). The van der Waals surface area contributed by atoms with Gasteiger partial charge in [0.05, 0.1) is 12.6 Å². The molecular formula is C11H17N3O3. The van der Waals surface area contributed by atoms with Crippen molar-refractivity contribution in [2.45, 2.75) is 31.6 Å². The lowest BCUT2D eigenvalue weighted by molar-refractivity contribution is -0.149. The molecule has 94 valence electrons. The summed E-state index contributed by atoms with van der Waals surface area (Å²) in [5.74, 6) is -0.857. The van der Waals surface area contributed by atoms with Gasteiger partial charge in [0.2, 0.25) is 0 Å². The molecule has 2 rings (SSSR count). The van der Waals surface area contributed by atoms with Gasteiger partial charge in [0.1, 0.15) is 0 Å². The average molecular weight is 239 g/mol. The first-order chi connectivity index (χ1) is 8.25. The predicted molar refractivity (Wildman–Crippen MR) is 60.6 cm³/mol. The number of nitrogens with zero attached hydrogens (tertiary/aromatic N) is 2. The lowest BCUT2D eigenvalue weighted by Crippen LogP contribution is -2.31. The number of ether oxygens (including phenoxy) is 1. The Labute approximate surface area is 99.6 Å². The van der Waals surface area contributed by atoms with Gasteiger partial charge in [-0.25, -0.2) is 4.79 Å². The van der Waals surface area contributed by atoms with Crippen molar-refractivity contribution < 1.29 is 14.6 Å². The lowest BCUT2D eigenvalue weighted by Gasteiger charge is -2.12. The molecule has 17 heavy (non-hydrogen) atoms. The molecule has 2 N–H and O–H groups in total. The van der Waals surface area contributed by atoms with E-state index in [1.807, 2.05) is 16.9 Å². The second kappa shape index (κ2) is 5.79. The van der Waals surface area contributed by atoms with E-state index in [-0.39, 0.29) is 6.10 Å². The summed E-state index contributed by atoms with van der Waals surface area (Å²) in [6.07, 6.45) is 4.49. The number of hydrogen-bond donors (Lipinski definition) is 2. The lowest BCUT2D eigenvalue weighted by atomic mass is 10.2. The van der Waals surface area contributed by atoms with Gasteiger partial charge in [0, 0.05) is 25.5 Å². The summed E-state index contributed by atoms with van der Waals surface area (Å²) in [4.78, 5) is 10.7. The SMILES string of the molecule is O=C(O)C1CCC(CNCCn2cccn2)O1. The maximum Gasteiger partial charge on any atom is 0.332 e. The smallest absolute Gasteiger partial charge is 0.332 e. The fraction of sp³-hybridized carbons (Fsp3) is 0.636. The Balaban J connectivity index is 1.59. The Morgan fingerprint density at radius 2 is 2.47 bits per heavy atom. The van der Waals surface area contributed by atoms with Gasteiger partial charge in [-0.15, -0.1) is 0 Å². The van der Waals surface area contributed by atoms with E-state index in [0.717, 1.165) is 19.5 Å². The van der Waals surface area contributed by atoms with E-state index in [1.165, 1.54) is 0 Å². The second-order valence-electron chi connectivity index (χ2n) is 4.14. The van der Waals surface area contributed by atoms with Crippen LogP contribution in [0.25, 0.3) is 0 Å². The van der Waals surface area contributed by atoms with E-state index >= 15 is 0 Å². The largest absolute Gasteiger partial charge is 0.479 e. The van der Waals surface area contributed by atoms with Crippen LogP contribution in [0.15, 0.2) is 18.5 Å². The van der Waals surface area contributed by atoms with Crippen molar-refractivity contribution >= 4 is 5.97 Å². The first-order valence-corrected chi connectivity index (χ1v) is 5.82. The Morgan fingerprint density at radius 3 is 3.12 bits per heavy atom. The van der Waals surface area contributed by atoms with Crippen molar-refractivity contribution in [3.8, 4) is 0 Å². The molecule has 0 bridgehead atoms. The zero-order chi connectivity index (χ0) is 12.1. The Bertz CT molecular complexity index is 353. The third kappa shape index (κ3) is 3.54. The topological polar surface area (TPSA) is 76.4 Å². The maximum absolute atomic E-state index is 10.7. The van der Waals surface area contributed by atoms with Crippen LogP contribution in [0.2, 0.25) is 0 Å². The van der Waals surface area contributed by atoms with Gasteiger partial charge in [-0.3, -0.25) is 4.68 Å². The molecule has 1 fully saturated rings. The van der Waals surface area contributed by atoms with Crippen LogP contribution in [0.1, 0.15) is 12.8 Å². The van der Waals surface area contributed by atoms with Crippen molar-refractivity contribution in [2.24, 2.45) is 0 Å². The molecule has 0 aliphatic carbocycles. The number of carboxylic acids is 1. The highest BCUT2D eigenvalue weighted by Gasteiger charge is 2.29. The van der Waals surface area contributed by atoms with Gasteiger partial charge in [0.25, 0.3) is 0 Å². The fourth-order valence-corrected chi connectivity index (χ4v) is 1.93. The predicted octanol–water partition coefficient (Wildman–Crippen LogP) is 0.105. The van der Waals surface area contributed by atoms with Gasteiger partial charge in [-0.1, -0.05) is 0 Å². The van der Waals surface area contributed by atoms with E-state index in [1.54, 1.807) is 6.20 Å². The highest BCUT2D eigenvalue weighted by atomic mass is 16.5. The fourth-order valence-electron chi connectivity index (χ4n) is 1.93. The van der Waals surface area contributed by atoms with E-state index in [9.17, 15) is 4.79 Å². The van der Waals surface area contributed by atoms with Crippen LogP contribution in [-0.4, -0.2) is 46.2 Å². The second-order valence-corrected chi connectivity index (χ2v) is 4.14. The summed E-state index contributed by atoms with van der Waals surface area (Å²) in [5.41, 5.74) is 0. The van der Waals surface area contributed by atoms with Crippen LogP contribution < -0.4 is 5.32 Å². The first-order valence-electron chi connectivity index (χ1n) is 5.82. The van der Waals surface area contributed by atoms with Crippen LogP contribution >= 0.6 is 0 Å². The molecule has 1 aromatic heterocycles. The maximum atomic E-state index is 10.7. The molecule has 2 atom stereocenters.